The van der Waals surface area contributed by atoms with Crippen LogP contribution in [0.15, 0.2) is 90.5 Å². The van der Waals surface area contributed by atoms with Crippen LogP contribution in [0.2, 0.25) is 5.02 Å². The van der Waals surface area contributed by atoms with Crippen LogP contribution in [0.25, 0.3) is 6.08 Å². The number of ether oxygens (including phenoxy) is 4. The number of anilines is 1. The minimum atomic E-state index is -4.59. The molecule has 4 aromatic carbocycles. The van der Waals surface area contributed by atoms with Crippen molar-refractivity contribution < 1.29 is 36.9 Å². The summed E-state index contributed by atoms with van der Waals surface area (Å²) in [6.45, 7) is 4.84. The van der Waals surface area contributed by atoms with Gasteiger partial charge >= 0.3 is 6.18 Å². The topological polar surface area (TPSA) is 89.8 Å². The van der Waals surface area contributed by atoms with E-state index in [-0.39, 0.29) is 41.0 Å². The van der Waals surface area contributed by atoms with Gasteiger partial charge in [-0.1, -0.05) is 54.1 Å². The van der Waals surface area contributed by atoms with Crippen LogP contribution in [-0.4, -0.2) is 19.1 Å². The first kappa shape index (κ1) is 33.7. The van der Waals surface area contributed by atoms with Crippen LogP contribution >= 0.6 is 11.6 Å². The van der Waals surface area contributed by atoms with Crippen LogP contribution < -0.4 is 24.3 Å². The number of hydrogen-bond acceptors (Lipinski definition) is 6. The molecule has 0 heterocycles. The highest BCUT2D eigenvalue weighted by atomic mass is 35.5. The molecule has 238 valence electrons. The SMILES string of the molecule is CCOc1cc(COc2c(Cl)cc(/C=C(\C#N)C(=O)Nc3cccc(C(F)(F)F)c3)cc2OCC)ccc1OCc1ccccc1. The number of nitrogens with one attached hydrogen (secondary N) is 1. The third-order valence-electron chi connectivity index (χ3n) is 6.38. The highest BCUT2D eigenvalue weighted by molar-refractivity contribution is 6.32. The predicted molar refractivity (Wildman–Crippen MR) is 169 cm³/mol. The number of carbonyl (C=O) groups excluding carboxylic acids is 1. The summed E-state index contributed by atoms with van der Waals surface area (Å²) < 4.78 is 62.8. The summed E-state index contributed by atoms with van der Waals surface area (Å²) in [5.74, 6) is 0.768. The Labute approximate surface area is 269 Å². The highest BCUT2D eigenvalue weighted by Crippen LogP contribution is 2.39. The van der Waals surface area contributed by atoms with E-state index in [0.29, 0.717) is 30.3 Å². The zero-order valence-corrected chi connectivity index (χ0v) is 25.7. The molecule has 0 bridgehead atoms. The van der Waals surface area contributed by atoms with Crippen molar-refractivity contribution in [2.24, 2.45) is 0 Å². The van der Waals surface area contributed by atoms with Crippen molar-refractivity contribution in [2.75, 3.05) is 18.5 Å². The van der Waals surface area contributed by atoms with E-state index in [9.17, 15) is 23.2 Å². The number of nitriles is 1. The van der Waals surface area contributed by atoms with Gasteiger partial charge in [-0.05, 0) is 79.1 Å². The summed E-state index contributed by atoms with van der Waals surface area (Å²) in [6, 6.07) is 24.2. The molecule has 4 rings (SSSR count). The van der Waals surface area contributed by atoms with E-state index in [1.807, 2.05) is 49.4 Å². The molecular formula is C35H30ClF3N2O5. The molecule has 0 aromatic heterocycles. The van der Waals surface area contributed by atoms with E-state index in [1.54, 1.807) is 25.1 Å². The zero-order chi connectivity index (χ0) is 33.1. The molecule has 0 atom stereocenters. The van der Waals surface area contributed by atoms with E-state index in [1.165, 1.54) is 18.2 Å². The van der Waals surface area contributed by atoms with Crippen molar-refractivity contribution >= 4 is 29.3 Å². The first-order chi connectivity index (χ1) is 22.1. The summed E-state index contributed by atoms with van der Waals surface area (Å²) in [6.07, 6.45) is -3.33. The van der Waals surface area contributed by atoms with Gasteiger partial charge in [-0.2, -0.15) is 18.4 Å². The fraction of sp³-hybridized carbons (Fsp3) is 0.200. The molecule has 11 heteroatoms. The largest absolute Gasteiger partial charge is 0.490 e. The Morgan fingerprint density at radius 2 is 1.54 bits per heavy atom. The average molecular weight is 651 g/mol. The van der Waals surface area contributed by atoms with Crippen molar-refractivity contribution in [1.82, 2.24) is 0 Å². The smallest absolute Gasteiger partial charge is 0.416 e. The molecule has 0 saturated carbocycles. The number of amides is 1. The predicted octanol–water partition coefficient (Wildman–Crippen LogP) is 8.86. The van der Waals surface area contributed by atoms with E-state index >= 15 is 0 Å². The van der Waals surface area contributed by atoms with Gasteiger partial charge < -0.3 is 24.3 Å². The molecule has 0 fully saturated rings. The Morgan fingerprint density at radius 3 is 2.24 bits per heavy atom. The molecule has 4 aromatic rings. The van der Waals surface area contributed by atoms with Crippen LogP contribution in [0, 0.1) is 11.3 Å². The van der Waals surface area contributed by atoms with Crippen LogP contribution in [0.3, 0.4) is 0 Å². The van der Waals surface area contributed by atoms with Crippen molar-refractivity contribution in [3.05, 3.63) is 118 Å². The van der Waals surface area contributed by atoms with E-state index in [0.717, 1.165) is 29.3 Å². The van der Waals surface area contributed by atoms with Crippen LogP contribution in [0.1, 0.15) is 36.1 Å². The van der Waals surface area contributed by atoms with Gasteiger partial charge in [-0.15, -0.1) is 0 Å². The minimum absolute atomic E-state index is 0.108. The van der Waals surface area contributed by atoms with Gasteiger partial charge in [0.15, 0.2) is 23.0 Å². The zero-order valence-electron chi connectivity index (χ0n) is 25.0. The Morgan fingerprint density at radius 1 is 0.826 bits per heavy atom. The number of halogens is 4. The summed E-state index contributed by atoms with van der Waals surface area (Å²) in [5.41, 5.74) is 0.736. The average Bonchev–Trinajstić information content (AvgIpc) is 3.03. The lowest BCUT2D eigenvalue weighted by molar-refractivity contribution is -0.137. The number of alkyl halides is 3. The lowest BCUT2D eigenvalue weighted by Crippen LogP contribution is -2.14. The third kappa shape index (κ3) is 9.19. The summed E-state index contributed by atoms with van der Waals surface area (Å²) in [5, 5.41) is 12.1. The summed E-state index contributed by atoms with van der Waals surface area (Å²) in [4.78, 5) is 12.8. The Kier molecular flexibility index (Phi) is 11.5. The normalized spacial score (nSPS) is 11.4. The van der Waals surface area contributed by atoms with Crippen molar-refractivity contribution in [2.45, 2.75) is 33.2 Å². The molecule has 0 spiro atoms. The summed E-state index contributed by atoms with van der Waals surface area (Å²) in [7, 11) is 0. The van der Waals surface area contributed by atoms with E-state index < -0.39 is 17.6 Å². The maximum atomic E-state index is 13.1. The molecular weight excluding hydrogens is 621 g/mol. The fourth-order valence-electron chi connectivity index (χ4n) is 4.28. The van der Waals surface area contributed by atoms with Crippen LogP contribution in [0.4, 0.5) is 18.9 Å². The molecule has 0 saturated heterocycles. The quantitative estimate of drug-likeness (QED) is 0.115. The van der Waals surface area contributed by atoms with Crippen molar-refractivity contribution in [1.29, 1.82) is 5.26 Å². The lowest BCUT2D eigenvalue weighted by Gasteiger charge is -2.16. The Bertz CT molecular complexity index is 1740. The standard InChI is InChI=1S/C35H30ClF3N2O5/c1-3-43-31-17-24(13-14-30(31)45-21-23-9-6-5-7-10-23)22-46-33-29(36)16-25(18-32(33)44-4-2)15-26(20-40)34(42)41-28-12-8-11-27(19-28)35(37,38)39/h5-19H,3-4,21-22H2,1-2H3,(H,41,42)/b26-15+. The number of nitrogens with zero attached hydrogens (tertiary/aromatic N) is 1. The lowest BCUT2D eigenvalue weighted by atomic mass is 10.1. The van der Waals surface area contributed by atoms with Gasteiger partial charge in [0.05, 0.1) is 23.8 Å². The molecule has 0 aliphatic carbocycles. The molecule has 0 unspecified atom stereocenters. The van der Waals surface area contributed by atoms with E-state index in [2.05, 4.69) is 5.32 Å². The highest BCUT2D eigenvalue weighted by Gasteiger charge is 2.30. The van der Waals surface area contributed by atoms with Gasteiger partial charge in [0, 0.05) is 5.69 Å². The van der Waals surface area contributed by atoms with Gasteiger partial charge in [0.1, 0.15) is 24.9 Å². The molecule has 7 nitrogen and oxygen atoms in total. The molecule has 0 aliphatic rings. The maximum absolute atomic E-state index is 13.1. The summed E-state index contributed by atoms with van der Waals surface area (Å²) >= 11 is 6.57. The fourth-order valence-corrected chi connectivity index (χ4v) is 4.56. The minimum Gasteiger partial charge on any atom is -0.490 e. The second kappa shape index (κ2) is 15.7. The number of benzene rings is 4. The second-order valence-electron chi connectivity index (χ2n) is 9.74. The number of carbonyl (C=O) groups is 1. The van der Waals surface area contributed by atoms with Gasteiger partial charge in [0.2, 0.25) is 0 Å². The molecule has 1 amide bonds. The third-order valence-corrected chi connectivity index (χ3v) is 6.66. The van der Waals surface area contributed by atoms with Crippen LogP contribution in [0.5, 0.6) is 23.0 Å². The van der Waals surface area contributed by atoms with Crippen LogP contribution in [-0.2, 0) is 24.2 Å². The number of hydrogen-bond donors (Lipinski definition) is 1. The first-order valence-corrected chi connectivity index (χ1v) is 14.6. The molecule has 46 heavy (non-hydrogen) atoms. The molecule has 0 radical (unpaired) electrons. The van der Waals surface area contributed by atoms with Gasteiger partial charge in [0.25, 0.3) is 5.91 Å². The van der Waals surface area contributed by atoms with Crippen molar-refractivity contribution in [3.8, 4) is 29.1 Å². The first-order valence-electron chi connectivity index (χ1n) is 14.2. The maximum Gasteiger partial charge on any atom is 0.416 e. The second-order valence-corrected chi connectivity index (χ2v) is 10.1. The van der Waals surface area contributed by atoms with Crippen molar-refractivity contribution in [3.63, 3.8) is 0 Å². The van der Waals surface area contributed by atoms with Gasteiger partial charge in [-0.3, -0.25) is 4.79 Å². The van der Waals surface area contributed by atoms with Gasteiger partial charge in [-0.25, -0.2) is 0 Å². The Balaban J connectivity index is 1.51. The number of rotatable bonds is 13. The van der Waals surface area contributed by atoms with E-state index in [4.69, 9.17) is 30.5 Å². The Hall–Kier alpha value is -5.14. The molecule has 1 N–H and O–H groups in total. The monoisotopic (exact) mass is 650 g/mol. The molecule has 0 aliphatic heterocycles.